The molecule has 0 bridgehead atoms. The van der Waals surface area contributed by atoms with Gasteiger partial charge >= 0.3 is 0 Å². The molecule has 2 aliphatic rings. The molecular weight excluding hydrogens is 224 g/mol. The number of nitrogens with zero attached hydrogens (tertiary/aromatic N) is 1. The minimum Gasteiger partial charge on any atom is -0.376 e. The van der Waals surface area contributed by atoms with Gasteiger partial charge in [0.2, 0.25) is 0 Å². The fraction of sp³-hybridized carbons (Fsp3) is 1.00. The first-order chi connectivity index (χ1) is 8.42. The Labute approximate surface area is 112 Å². The maximum Gasteiger partial charge on any atom is 0.0675 e. The summed E-state index contributed by atoms with van der Waals surface area (Å²) in [5.74, 6) is 0. The van der Waals surface area contributed by atoms with Crippen LogP contribution in [0.2, 0.25) is 0 Å². The Hall–Kier alpha value is -0.120. The summed E-state index contributed by atoms with van der Waals surface area (Å²) in [7, 11) is 0. The highest BCUT2D eigenvalue weighted by Gasteiger charge is 2.49. The molecule has 0 amide bonds. The third kappa shape index (κ3) is 2.59. The average molecular weight is 254 g/mol. The Kier molecular flexibility index (Phi) is 4.05. The first-order valence-electron chi connectivity index (χ1n) is 7.51. The zero-order valence-corrected chi connectivity index (χ0v) is 12.5. The molecule has 2 fully saturated rings. The van der Waals surface area contributed by atoms with E-state index in [4.69, 9.17) is 10.5 Å². The fourth-order valence-electron chi connectivity index (χ4n) is 3.94. The van der Waals surface area contributed by atoms with E-state index < -0.39 is 0 Å². The lowest BCUT2D eigenvalue weighted by molar-refractivity contribution is -0.0993. The molecule has 18 heavy (non-hydrogen) atoms. The van der Waals surface area contributed by atoms with Crippen molar-refractivity contribution in [3.8, 4) is 0 Å². The maximum absolute atomic E-state index is 6.20. The molecule has 0 aromatic heterocycles. The van der Waals surface area contributed by atoms with Crippen LogP contribution in [0.1, 0.15) is 53.4 Å². The summed E-state index contributed by atoms with van der Waals surface area (Å²) in [6.07, 6.45) is 5.29. The zero-order valence-electron chi connectivity index (χ0n) is 12.5. The predicted octanol–water partition coefficient (Wildman–Crippen LogP) is 2.39. The third-order valence-electron chi connectivity index (χ3n) is 5.00. The number of nitrogens with two attached hydrogens (primary N) is 1. The van der Waals surface area contributed by atoms with Crippen molar-refractivity contribution in [2.75, 3.05) is 19.7 Å². The highest BCUT2D eigenvalue weighted by molar-refractivity contribution is 5.04. The van der Waals surface area contributed by atoms with E-state index in [1.54, 1.807) is 0 Å². The summed E-state index contributed by atoms with van der Waals surface area (Å²) in [6.45, 7) is 11.9. The van der Waals surface area contributed by atoms with Crippen LogP contribution < -0.4 is 5.73 Å². The minimum absolute atomic E-state index is 0.224. The summed E-state index contributed by atoms with van der Waals surface area (Å²) in [5, 5.41) is 0. The fourth-order valence-corrected chi connectivity index (χ4v) is 3.94. The first-order valence-corrected chi connectivity index (χ1v) is 7.51. The van der Waals surface area contributed by atoms with Gasteiger partial charge in [-0.2, -0.15) is 0 Å². The second kappa shape index (κ2) is 5.10. The monoisotopic (exact) mass is 254 g/mol. The van der Waals surface area contributed by atoms with Gasteiger partial charge in [-0.25, -0.2) is 0 Å². The Morgan fingerprint density at radius 3 is 2.56 bits per heavy atom. The van der Waals surface area contributed by atoms with Crippen LogP contribution in [0.25, 0.3) is 0 Å². The lowest BCUT2D eigenvalue weighted by Crippen LogP contribution is -2.62. The Bertz CT molecular complexity index is 292. The van der Waals surface area contributed by atoms with Gasteiger partial charge in [-0.15, -0.1) is 0 Å². The maximum atomic E-state index is 6.20. The molecule has 1 aliphatic heterocycles. The topological polar surface area (TPSA) is 38.5 Å². The molecule has 1 saturated heterocycles. The quantitative estimate of drug-likeness (QED) is 0.840. The average Bonchev–Trinajstić information content (AvgIpc) is 2.66. The van der Waals surface area contributed by atoms with Crippen LogP contribution in [-0.2, 0) is 4.74 Å². The van der Waals surface area contributed by atoms with Crippen molar-refractivity contribution in [1.29, 1.82) is 0 Å². The van der Waals surface area contributed by atoms with Crippen molar-refractivity contribution >= 4 is 0 Å². The lowest BCUT2D eigenvalue weighted by Gasteiger charge is -2.49. The molecule has 1 saturated carbocycles. The van der Waals surface area contributed by atoms with E-state index in [0.29, 0.717) is 17.6 Å². The van der Waals surface area contributed by atoms with Gasteiger partial charge in [-0.1, -0.05) is 20.8 Å². The van der Waals surface area contributed by atoms with Crippen molar-refractivity contribution in [2.45, 2.75) is 71.1 Å². The van der Waals surface area contributed by atoms with E-state index >= 15 is 0 Å². The standard InChI is InChI=1S/C15H30N2O/c1-5-13-9-18-12(2)8-17(13)15(11-16)7-6-14(3,4)10-15/h12-13H,5-11,16H2,1-4H3. The van der Waals surface area contributed by atoms with E-state index in [1.165, 1.54) is 19.3 Å². The second-order valence-electron chi connectivity index (χ2n) is 7.13. The van der Waals surface area contributed by atoms with Crippen molar-refractivity contribution in [1.82, 2.24) is 4.90 Å². The summed E-state index contributed by atoms with van der Waals surface area (Å²) in [5.41, 5.74) is 6.87. The Morgan fingerprint density at radius 1 is 1.33 bits per heavy atom. The van der Waals surface area contributed by atoms with Crippen LogP contribution >= 0.6 is 0 Å². The highest BCUT2D eigenvalue weighted by Crippen LogP contribution is 2.47. The van der Waals surface area contributed by atoms with Crippen LogP contribution in [0, 0.1) is 5.41 Å². The number of ether oxygens (including phenoxy) is 1. The van der Waals surface area contributed by atoms with Crippen LogP contribution in [-0.4, -0.2) is 42.3 Å². The van der Waals surface area contributed by atoms with Crippen molar-refractivity contribution in [3.05, 3.63) is 0 Å². The predicted molar refractivity (Wildman–Crippen MR) is 75.6 cm³/mol. The van der Waals surface area contributed by atoms with Gasteiger partial charge in [0, 0.05) is 24.7 Å². The van der Waals surface area contributed by atoms with Crippen LogP contribution in [0.3, 0.4) is 0 Å². The Balaban J connectivity index is 2.20. The smallest absolute Gasteiger partial charge is 0.0675 e. The molecular formula is C15H30N2O. The van der Waals surface area contributed by atoms with Crippen molar-refractivity contribution in [3.63, 3.8) is 0 Å². The van der Waals surface area contributed by atoms with Crippen LogP contribution in [0.15, 0.2) is 0 Å². The van der Waals surface area contributed by atoms with Gasteiger partial charge in [-0.05, 0) is 38.0 Å². The molecule has 0 aromatic rings. The van der Waals surface area contributed by atoms with Gasteiger partial charge in [0.25, 0.3) is 0 Å². The number of hydrogen-bond donors (Lipinski definition) is 1. The zero-order chi connectivity index (χ0) is 13.4. The molecule has 106 valence electrons. The molecule has 0 radical (unpaired) electrons. The molecule has 2 rings (SSSR count). The molecule has 3 heteroatoms. The third-order valence-corrected chi connectivity index (χ3v) is 5.00. The second-order valence-corrected chi connectivity index (χ2v) is 7.13. The minimum atomic E-state index is 0.224. The summed E-state index contributed by atoms with van der Waals surface area (Å²) < 4.78 is 5.83. The molecule has 3 unspecified atom stereocenters. The van der Waals surface area contributed by atoms with Crippen molar-refractivity contribution in [2.24, 2.45) is 11.1 Å². The number of hydrogen-bond acceptors (Lipinski definition) is 3. The highest BCUT2D eigenvalue weighted by atomic mass is 16.5. The van der Waals surface area contributed by atoms with E-state index in [9.17, 15) is 0 Å². The number of rotatable bonds is 3. The van der Waals surface area contributed by atoms with E-state index in [0.717, 1.165) is 26.1 Å². The molecule has 3 nitrogen and oxygen atoms in total. The van der Waals surface area contributed by atoms with Gasteiger partial charge in [-0.3, -0.25) is 4.90 Å². The largest absolute Gasteiger partial charge is 0.376 e. The van der Waals surface area contributed by atoms with Gasteiger partial charge in [0.05, 0.1) is 12.7 Å². The molecule has 0 aromatic carbocycles. The molecule has 1 heterocycles. The van der Waals surface area contributed by atoms with Crippen molar-refractivity contribution < 1.29 is 4.74 Å². The Morgan fingerprint density at radius 2 is 2.06 bits per heavy atom. The summed E-state index contributed by atoms with van der Waals surface area (Å²) >= 11 is 0. The molecule has 3 atom stereocenters. The summed E-state index contributed by atoms with van der Waals surface area (Å²) in [4.78, 5) is 2.69. The summed E-state index contributed by atoms with van der Waals surface area (Å²) in [6, 6.07) is 0.554. The SMILES string of the molecule is CCC1COC(C)CN1C1(CN)CCC(C)(C)C1. The number of morpholine rings is 1. The van der Waals surface area contributed by atoms with Gasteiger partial charge in [0.1, 0.15) is 0 Å². The van der Waals surface area contributed by atoms with E-state index in [-0.39, 0.29) is 5.54 Å². The van der Waals surface area contributed by atoms with E-state index in [2.05, 4.69) is 32.6 Å². The van der Waals surface area contributed by atoms with Gasteiger partial charge < -0.3 is 10.5 Å². The van der Waals surface area contributed by atoms with Crippen LogP contribution in [0.5, 0.6) is 0 Å². The molecule has 2 N–H and O–H groups in total. The van der Waals surface area contributed by atoms with Gasteiger partial charge in [0.15, 0.2) is 0 Å². The van der Waals surface area contributed by atoms with E-state index in [1.807, 2.05) is 0 Å². The first kappa shape index (κ1) is 14.3. The molecule has 0 spiro atoms. The lowest BCUT2D eigenvalue weighted by atomic mass is 9.85. The molecule has 1 aliphatic carbocycles. The normalized spacial score (nSPS) is 41.2. The van der Waals surface area contributed by atoms with Crippen LogP contribution in [0.4, 0.5) is 0 Å².